The van der Waals surface area contributed by atoms with Gasteiger partial charge >= 0.3 is 12.0 Å². The summed E-state index contributed by atoms with van der Waals surface area (Å²) in [6.07, 6.45) is 0. The lowest BCUT2D eigenvalue weighted by atomic mass is 10.2. The Labute approximate surface area is 133 Å². The SMILES string of the molecule is CN1C(=O)N(Cc2ccc(F)c(F)c2)Cc2nc(C(=O)O)sc21. The Morgan fingerprint density at radius 3 is 2.78 bits per heavy atom. The molecule has 1 aromatic carbocycles. The van der Waals surface area contributed by atoms with Gasteiger partial charge in [0.15, 0.2) is 11.6 Å². The number of halogens is 2. The largest absolute Gasteiger partial charge is 0.476 e. The van der Waals surface area contributed by atoms with Crippen molar-refractivity contribution in [3.05, 3.63) is 46.1 Å². The van der Waals surface area contributed by atoms with E-state index in [1.54, 1.807) is 0 Å². The minimum Gasteiger partial charge on any atom is -0.476 e. The quantitative estimate of drug-likeness (QED) is 0.933. The smallest absolute Gasteiger partial charge is 0.365 e. The number of hydrogen-bond donors (Lipinski definition) is 1. The van der Waals surface area contributed by atoms with Crippen molar-refractivity contribution in [3.63, 3.8) is 0 Å². The number of carbonyl (C=O) groups excluding carboxylic acids is 1. The maximum atomic E-state index is 13.3. The predicted octanol–water partition coefficient (Wildman–Crippen LogP) is 2.69. The van der Waals surface area contributed by atoms with Crippen LogP contribution in [0.1, 0.15) is 21.1 Å². The van der Waals surface area contributed by atoms with Gasteiger partial charge in [0.25, 0.3) is 0 Å². The normalized spacial score (nSPS) is 14.1. The Balaban J connectivity index is 1.87. The molecule has 0 unspecified atom stereocenters. The Hall–Kier alpha value is -2.55. The van der Waals surface area contributed by atoms with Gasteiger partial charge < -0.3 is 10.0 Å². The number of carbonyl (C=O) groups is 2. The second kappa shape index (κ2) is 5.58. The van der Waals surface area contributed by atoms with Gasteiger partial charge in [-0.05, 0) is 17.7 Å². The second-order valence-electron chi connectivity index (χ2n) is 5.02. The minimum absolute atomic E-state index is 0.0692. The summed E-state index contributed by atoms with van der Waals surface area (Å²) in [7, 11) is 1.52. The van der Waals surface area contributed by atoms with Crippen molar-refractivity contribution in [3.8, 4) is 0 Å². The lowest BCUT2D eigenvalue weighted by molar-refractivity contribution is 0.0696. The van der Waals surface area contributed by atoms with Crippen molar-refractivity contribution in [2.45, 2.75) is 13.1 Å². The third kappa shape index (κ3) is 2.74. The summed E-state index contributed by atoms with van der Waals surface area (Å²) in [5.41, 5.74) is 0.903. The topological polar surface area (TPSA) is 73.7 Å². The molecule has 0 aliphatic carbocycles. The lowest BCUT2D eigenvalue weighted by Gasteiger charge is -2.32. The van der Waals surface area contributed by atoms with E-state index in [9.17, 15) is 18.4 Å². The highest BCUT2D eigenvalue weighted by molar-refractivity contribution is 7.17. The van der Waals surface area contributed by atoms with Crippen LogP contribution in [0, 0.1) is 11.6 Å². The van der Waals surface area contributed by atoms with Crippen LogP contribution >= 0.6 is 11.3 Å². The van der Waals surface area contributed by atoms with Crippen LogP contribution < -0.4 is 4.90 Å². The molecule has 1 aromatic heterocycles. The van der Waals surface area contributed by atoms with E-state index in [0.29, 0.717) is 16.3 Å². The zero-order chi connectivity index (χ0) is 16.7. The number of amides is 2. The first-order valence-corrected chi connectivity index (χ1v) is 7.38. The number of urea groups is 1. The maximum Gasteiger partial charge on any atom is 0.365 e. The fraction of sp³-hybridized carbons (Fsp3) is 0.214. The lowest BCUT2D eigenvalue weighted by Crippen LogP contribution is -2.44. The van der Waals surface area contributed by atoms with Crippen LogP contribution in [0.5, 0.6) is 0 Å². The molecule has 9 heteroatoms. The molecule has 23 heavy (non-hydrogen) atoms. The third-order valence-corrected chi connectivity index (χ3v) is 4.58. The van der Waals surface area contributed by atoms with E-state index in [2.05, 4.69) is 4.98 Å². The fourth-order valence-corrected chi connectivity index (χ4v) is 3.20. The van der Waals surface area contributed by atoms with Crippen LogP contribution in [0.4, 0.5) is 18.6 Å². The molecule has 0 radical (unpaired) electrons. The molecule has 0 saturated heterocycles. The Morgan fingerprint density at radius 1 is 1.39 bits per heavy atom. The van der Waals surface area contributed by atoms with Gasteiger partial charge in [-0.2, -0.15) is 0 Å². The molecule has 3 rings (SSSR count). The second-order valence-corrected chi connectivity index (χ2v) is 6.00. The van der Waals surface area contributed by atoms with E-state index >= 15 is 0 Å². The molecule has 2 aromatic rings. The van der Waals surface area contributed by atoms with E-state index < -0.39 is 17.6 Å². The monoisotopic (exact) mass is 339 g/mol. The van der Waals surface area contributed by atoms with Crippen LogP contribution in [-0.2, 0) is 13.1 Å². The molecule has 0 spiro atoms. The van der Waals surface area contributed by atoms with Gasteiger partial charge in [0.05, 0.1) is 12.2 Å². The highest BCUT2D eigenvalue weighted by atomic mass is 32.1. The molecule has 120 valence electrons. The van der Waals surface area contributed by atoms with Gasteiger partial charge in [-0.3, -0.25) is 4.90 Å². The van der Waals surface area contributed by atoms with Crippen molar-refractivity contribution in [1.29, 1.82) is 0 Å². The van der Waals surface area contributed by atoms with Crippen molar-refractivity contribution in [1.82, 2.24) is 9.88 Å². The van der Waals surface area contributed by atoms with Gasteiger partial charge in [-0.15, -0.1) is 0 Å². The molecule has 1 N–H and O–H groups in total. The van der Waals surface area contributed by atoms with Gasteiger partial charge in [-0.25, -0.2) is 23.4 Å². The molecule has 2 amide bonds. The Kier molecular flexibility index (Phi) is 3.72. The summed E-state index contributed by atoms with van der Waals surface area (Å²) in [6.45, 7) is 0.182. The first kappa shape index (κ1) is 15.3. The Morgan fingerprint density at radius 2 is 2.13 bits per heavy atom. The maximum absolute atomic E-state index is 13.3. The van der Waals surface area contributed by atoms with Crippen LogP contribution in [0.15, 0.2) is 18.2 Å². The van der Waals surface area contributed by atoms with Crippen LogP contribution in [0.3, 0.4) is 0 Å². The van der Waals surface area contributed by atoms with E-state index in [1.165, 1.54) is 22.9 Å². The number of hydrogen-bond acceptors (Lipinski definition) is 4. The molecule has 2 heterocycles. The Bertz CT molecular complexity index is 809. The molecule has 6 nitrogen and oxygen atoms in total. The third-order valence-electron chi connectivity index (χ3n) is 3.42. The summed E-state index contributed by atoms with van der Waals surface area (Å²) >= 11 is 0.926. The number of carboxylic acids is 1. The number of carboxylic acid groups (broad SMARTS) is 1. The molecule has 1 aliphatic heterocycles. The van der Waals surface area contributed by atoms with Gasteiger partial charge in [0, 0.05) is 13.6 Å². The number of fused-ring (bicyclic) bond motifs is 1. The predicted molar refractivity (Wildman–Crippen MR) is 78.5 cm³/mol. The van der Waals surface area contributed by atoms with E-state index in [-0.39, 0.29) is 24.1 Å². The molecule has 0 fully saturated rings. The average Bonchev–Trinajstić information content (AvgIpc) is 2.93. The van der Waals surface area contributed by atoms with Crippen molar-refractivity contribution >= 4 is 28.3 Å². The minimum atomic E-state index is -1.16. The van der Waals surface area contributed by atoms with E-state index in [0.717, 1.165) is 23.5 Å². The van der Waals surface area contributed by atoms with Crippen molar-refractivity contribution < 1.29 is 23.5 Å². The zero-order valence-corrected chi connectivity index (χ0v) is 12.7. The summed E-state index contributed by atoms with van der Waals surface area (Å²) in [5, 5.41) is 9.38. The standard InChI is InChI=1S/C14H11F2N3O3S/c1-18-12-10(17-11(23-12)13(20)21)6-19(14(18)22)5-7-2-3-8(15)9(16)4-7/h2-4H,5-6H2,1H3,(H,20,21). The first-order chi connectivity index (χ1) is 10.9. The van der Waals surface area contributed by atoms with Crippen LogP contribution in [-0.4, -0.2) is 34.0 Å². The van der Waals surface area contributed by atoms with Crippen LogP contribution in [0.25, 0.3) is 0 Å². The van der Waals surface area contributed by atoms with Gasteiger partial charge in [-0.1, -0.05) is 17.4 Å². The van der Waals surface area contributed by atoms with Gasteiger partial charge in [0.1, 0.15) is 5.00 Å². The number of nitrogens with zero attached hydrogens (tertiary/aromatic N) is 3. The molecular formula is C14H11F2N3O3S. The highest BCUT2D eigenvalue weighted by Crippen LogP contribution is 2.34. The number of anilines is 1. The molecule has 0 atom stereocenters. The van der Waals surface area contributed by atoms with Gasteiger partial charge in [0.2, 0.25) is 5.01 Å². The van der Waals surface area contributed by atoms with Crippen LogP contribution in [0.2, 0.25) is 0 Å². The molecule has 1 aliphatic rings. The summed E-state index contributed by atoms with van der Waals surface area (Å²) < 4.78 is 26.2. The number of aromatic carboxylic acids is 1. The molecule has 0 saturated carbocycles. The number of rotatable bonds is 3. The average molecular weight is 339 g/mol. The molecular weight excluding hydrogens is 328 g/mol. The number of aromatic nitrogens is 1. The van der Waals surface area contributed by atoms with E-state index in [1.807, 2.05) is 0 Å². The molecule has 0 bridgehead atoms. The summed E-state index contributed by atoms with van der Waals surface area (Å²) in [6, 6.07) is 3.06. The highest BCUT2D eigenvalue weighted by Gasteiger charge is 2.32. The first-order valence-electron chi connectivity index (χ1n) is 6.56. The number of benzene rings is 1. The fourth-order valence-electron chi connectivity index (χ4n) is 2.33. The van der Waals surface area contributed by atoms with Crippen molar-refractivity contribution in [2.75, 3.05) is 11.9 Å². The van der Waals surface area contributed by atoms with Crippen molar-refractivity contribution in [2.24, 2.45) is 0 Å². The zero-order valence-electron chi connectivity index (χ0n) is 11.9. The summed E-state index contributed by atoms with van der Waals surface area (Å²) in [4.78, 5) is 30.0. The summed E-state index contributed by atoms with van der Waals surface area (Å²) in [5.74, 6) is -3.09. The number of thiazole rings is 1. The van der Waals surface area contributed by atoms with E-state index in [4.69, 9.17) is 5.11 Å².